The van der Waals surface area contributed by atoms with Crippen LogP contribution in [0.1, 0.15) is 83.1 Å². The number of benzene rings is 1. The van der Waals surface area contributed by atoms with Crippen LogP contribution in [-0.2, 0) is 4.79 Å². The number of hydrogen-bond donors (Lipinski definition) is 1. The molecule has 42 heavy (non-hydrogen) atoms. The van der Waals surface area contributed by atoms with E-state index in [1.54, 1.807) is 13.0 Å². The van der Waals surface area contributed by atoms with Crippen LogP contribution in [0.5, 0.6) is 0 Å². The van der Waals surface area contributed by atoms with Crippen LogP contribution < -0.4 is 4.90 Å². The van der Waals surface area contributed by atoms with Crippen molar-refractivity contribution in [3.8, 4) is 11.8 Å². The summed E-state index contributed by atoms with van der Waals surface area (Å²) in [6.07, 6.45) is 0.625. The number of alkyl halides is 4. The molecule has 2 saturated carbocycles. The fraction of sp³-hybridized carbons (Fsp3) is 0.588. The summed E-state index contributed by atoms with van der Waals surface area (Å²) < 4.78 is 56.4. The second-order valence-electron chi connectivity index (χ2n) is 13.0. The van der Waals surface area contributed by atoms with Crippen LogP contribution in [0, 0.1) is 34.5 Å². The summed E-state index contributed by atoms with van der Waals surface area (Å²) in [5.74, 6) is 3.22. The van der Waals surface area contributed by atoms with Gasteiger partial charge >= 0.3 is 6.18 Å². The van der Waals surface area contributed by atoms with Crippen LogP contribution in [0.2, 0.25) is 0 Å². The Balaban J connectivity index is 1.52. The van der Waals surface area contributed by atoms with Crippen LogP contribution in [-0.4, -0.2) is 42.1 Å². The zero-order valence-corrected chi connectivity index (χ0v) is 24.2. The average molecular weight is 583 g/mol. The molecule has 5 aliphatic rings. The Kier molecular flexibility index (Phi) is 7.30. The second kappa shape index (κ2) is 10.6. The summed E-state index contributed by atoms with van der Waals surface area (Å²) in [7, 11) is 0. The molecule has 1 heterocycles. The molecule has 1 aliphatic heterocycles. The van der Waals surface area contributed by atoms with E-state index in [-0.39, 0.29) is 42.8 Å². The largest absolute Gasteiger partial charge is 0.457 e. The highest BCUT2D eigenvalue weighted by atomic mass is 19.4. The van der Waals surface area contributed by atoms with Gasteiger partial charge in [0.05, 0.1) is 11.1 Å². The molecule has 1 saturated heterocycles. The van der Waals surface area contributed by atoms with Gasteiger partial charge in [-0.05, 0) is 104 Å². The Morgan fingerprint density at radius 3 is 2.52 bits per heavy atom. The van der Waals surface area contributed by atoms with Gasteiger partial charge in [-0.3, -0.25) is 4.79 Å². The van der Waals surface area contributed by atoms with E-state index in [0.717, 1.165) is 48.3 Å². The minimum absolute atomic E-state index is 0.102. The molecule has 6 atom stereocenters. The molecular formula is C34H38F4N2O2. The molecule has 0 radical (unpaired) electrons. The highest BCUT2D eigenvalue weighted by molar-refractivity contribution is 5.97. The van der Waals surface area contributed by atoms with E-state index < -0.39 is 23.2 Å². The van der Waals surface area contributed by atoms with Crippen molar-refractivity contribution in [1.29, 1.82) is 0 Å². The maximum Gasteiger partial charge on any atom is 0.457 e. The second-order valence-corrected chi connectivity index (χ2v) is 13.0. The standard InChI is InChI=1S/C34H38F4N2O2/c1-3-30(41)33(14-15-34(36,37)38)13-12-28-26-19-29(35)25-18-22(39-42)8-11-24(25)31(26)27(20-32(28,33)2)21-6-9-23(10-7-21)40-16-4-5-17-40/h6-7,9-10,18,26-29,42H,3-5,8,11-13,16-17,19-20H2,1-2H3/t26-,27+,28-,29?,32-,33-/m0/s1. The van der Waals surface area contributed by atoms with Crippen molar-refractivity contribution in [2.24, 2.45) is 27.8 Å². The van der Waals surface area contributed by atoms with Gasteiger partial charge in [0.15, 0.2) is 5.78 Å². The first kappa shape index (κ1) is 29.0. The Morgan fingerprint density at radius 2 is 1.88 bits per heavy atom. The molecular weight excluding hydrogens is 544 g/mol. The Bertz CT molecular complexity index is 1410. The van der Waals surface area contributed by atoms with Gasteiger partial charge in [0, 0.05) is 37.0 Å². The number of Topliss-reactive ketones (excluding diaryl/α,β-unsaturated/α-hetero) is 1. The van der Waals surface area contributed by atoms with E-state index in [2.05, 4.69) is 40.2 Å². The summed E-state index contributed by atoms with van der Waals surface area (Å²) >= 11 is 0. The summed E-state index contributed by atoms with van der Waals surface area (Å²) in [5, 5.41) is 12.8. The van der Waals surface area contributed by atoms with Crippen LogP contribution in [0.15, 0.2) is 52.2 Å². The highest BCUT2D eigenvalue weighted by Crippen LogP contribution is 2.70. The highest BCUT2D eigenvalue weighted by Gasteiger charge is 2.65. The number of allylic oxidation sites excluding steroid dienone is 4. The zero-order chi connectivity index (χ0) is 29.9. The van der Waals surface area contributed by atoms with Crippen LogP contribution >= 0.6 is 0 Å². The van der Waals surface area contributed by atoms with Gasteiger partial charge in [0.1, 0.15) is 6.17 Å². The molecule has 1 aromatic carbocycles. The molecule has 0 bridgehead atoms. The first-order valence-electron chi connectivity index (χ1n) is 15.3. The Morgan fingerprint density at radius 1 is 1.17 bits per heavy atom. The summed E-state index contributed by atoms with van der Waals surface area (Å²) in [4.78, 5) is 16.0. The SMILES string of the molecule is CCC(=O)[C@@]1(C#CC(F)(F)F)CC[C@H]2[C@@H]3CC(F)C4=CC(=NO)CCC4=C3[C@@H](c3ccc(N4CCCC4)cc3)C[C@@]21C. The van der Waals surface area contributed by atoms with Gasteiger partial charge in [-0.25, -0.2) is 4.39 Å². The summed E-state index contributed by atoms with van der Waals surface area (Å²) in [6, 6.07) is 8.46. The van der Waals surface area contributed by atoms with Crippen LogP contribution in [0.4, 0.5) is 23.2 Å². The summed E-state index contributed by atoms with van der Waals surface area (Å²) in [5.41, 5.74) is 3.04. The van der Waals surface area contributed by atoms with E-state index in [1.165, 1.54) is 5.92 Å². The smallest absolute Gasteiger partial charge is 0.411 e. The number of oxime groups is 1. The molecule has 3 fully saturated rings. The molecule has 1 aromatic rings. The molecule has 224 valence electrons. The van der Waals surface area contributed by atoms with E-state index in [4.69, 9.17) is 0 Å². The first-order valence-corrected chi connectivity index (χ1v) is 15.3. The summed E-state index contributed by atoms with van der Waals surface area (Å²) in [6.45, 7) is 5.67. The molecule has 0 amide bonds. The van der Waals surface area contributed by atoms with Crippen molar-refractivity contribution in [2.75, 3.05) is 18.0 Å². The quantitative estimate of drug-likeness (QED) is 0.170. The van der Waals surface area contributed by atoms with Crippen LogP contribution in [0.3, 0.4) is 0 Å². The van der Waals surface area contributed by atoms with Crippen molar-refractivity contribution in [1.82, 2.24) is 0 Å². The van der Waals surface area contributed by atoms with Gasteiger partial charge in [0.2, 0.25) is 0 Å². The third-order valence-corrected chi connectivity index (χ3v) is 11.1. The molecule has 8 heteroatoms. The fourth-order valence-electron chi connectivity index (χ4n) is 9.16. The van der Waals surface area contributed by atoms with E-state index in [0.29, 0.717) is 37.0 Å². The number of fused-ring (bicyclic) bond motifs is 4. The molecule has 6 rings (SSSR count). The molecule has 1 unspecified atom stereocenters. The topological polar surface area (TPSA) is 52.9 Å². The van der Waals surface area contributed by atoms with Gasteiger partial charge in [-0.15, -0.1) is 0 Å². The van der Waals surface area contributed by atoms with Crippen molar-refractivity contribution >= 4 is 17.2 Å². The van der Waals surface area contributed by atoms with Crippen molar-refractivity contribution in [3.05, 3.63) is 52.6 Å². The molecule has 4 aliphatic carbocycles. The predicted molar refractivity (Wildman–Crippen MR) is 154 cm³/mol. The maximum absolute atomic E-state index is 16.0. The van der Waals surface area contributed by atoms with Gasteiger partial charge in [-0.2, -0.15) is 13.2 Å². The minimum Gasteiger partial charge on any atom is -0.411 e. The monoisotopic (exact) mass is 582 g/mol. The molecule has 4 nitrogen and oxygen atoms in total. The van der Waals surface area contributed by atoms with E-state index >= 15 is 4.39 Å². The van der Waals surface area contributed by atoms with Crippen molar-refractivity contribution in [3.63, 3.8) is 0 Å². The first-order chi connectivity index (χ1) is 20.0. The Hall–Kier alpha value is -3.08. The van der Waals surface area contributed by atoms with Crippen molar-refractivity contribution < 1.29 is 27.6 Å². The number of anilines is 1. The number of rotatable bonds is 4. The minimum atomic E-state index is -4.70. The number of nitrogens with zero attached hydrogens (tertiary/aromatic N) is 2. The third-order valence-electron chi connectivity index (χ3n) is 11.1. The fourth-order valence-corrected chi connectivity index (χ4v) is 9.16. The van der Waals surface area contributed by atoms with Crippen LogP contribution in [0.25, 0.3) is 0 Å². The predicted octanol–water partition coefficient (Wildman–Crippen LogP) is 7.93. The number of carbonyl (C=O) groups excluding carboxylic acids is 1. The average Bonchev–Trinajstić information content (AvgIpc) is 3.62. The lowest BCUT2D eigenvalue weighted by atomic mass is 9.48. The van der Waals surface area contributed by atoms with E-state index in [1.807, 2.05) is 6.92 Å². The maximum atomic E-state index is 16.0. The van der Waals surface area contributed by atoms with E-state index in [9.17, 15) is 23.2 Å². The lowest BCUT2D eigenvalue weighted by Gasteiger charge is -2.55. The number of hydrogen-bond acceptors (Lipinski definition) is 4. The van der Waals surface area contributed by atoms with Crippen molar-refractivity contribution in [2.45, 2.75) is 89.9 Å². The lowest BCUT2D eigenvalue weighted by molar-refractivity contribution is -0.132. The van der Waals surface area contributed by atoms with Gasteiger partial charge < -0.3 is 10.1 Å². The third kappa shape index (κ3) is 4.59. The Labute approximate surface area is 244 Å². The number of carbonyl (C=O) groups is 1. The molecule has 0 spiro atoms. The van der Waals surface area contributed by atoms with Gasteiger partial charge in [0.25, 0.3) is 0 Å². The van der Waals surface area contributed by atoms with Gasteiger partial charge in [-0.1, -0.05) is 42.6 Å². The number of ketones is 1. The lowest BCUT2D eigenvalue weighted by Crippen LogP contribution is -2.51. The normalized spacial score (nSPS) is 35.2. The number of halogens is 4. The molecule has 1 N–H and O–H groups in total. The zero-order valence-electron chi connectivity index (χ0n) is 24.2. The molecule has 0 aromatic heterocycles.